The summed E-state index contributed by atoms with van der Waals surface area (Å²) < 4.78 is 21.0. The first kappa shape index (κ1) is 21.8. The van der Waals surface area contributed by atoms with Gasteiger partial charge in [-0.2, -0.15) is 4.68 Å². The van der Waals surface area contributed by atoms with Crippen LogP contribution in [0.5, 0.6) is 11.5 Å². The molecular formula is C21H14ClFN6O4. The molecule has 0 saturated carbocycles. The van der Waals surface area contributed by atoms with Gasteiger partial charge in [0.25, 0.3) is 5.91 Å². The van der Waals surface area contributed by atoms with Gasteiger partial charge in [0, 0.05) is 22.3 Å². The number of nitrogens with zero attached hydrogens (tertiary/aromatic N) is 5. The van der Waals surface area contributed by atoms with Crippen molar-refractivity contribution < 1.29 is 18.8 Å². The Morgan fingerprint density at radius 3 is 2.58 bits per heavy atom. The third-order valence-electron chi connectivity index (χ3n) is 4.52. The molecular weight excluding hydrogens is 455 g/mol. The second kappa shape index (κ2) is 9.01. The smallest absolute Gasteiger partial charge is 0.313 e. The molecule has 0 aliphatic carbocycles. The van der Waals surface area contributed by atoms with E-state index in [9.17, 15) is 19.3 Å². The number of tetrazole rings is 1. The molecule has 0 unspecified atom stereocenters. The lowest BCUT2D eigenvalue weighted by atomic mass is 10.2. The van der Waals surface area contributed by atoms with E-state index < -0.39 is 16.6 Å². The lowest BCUT2D eigenvalue weighted by molar-refractivity contribution is -0.385. The summed E-state index contributed by atoms with van der Waals surface area (Å²) in [5.41, 5.74) is 0.429. The molecule has 4 aromatic rings. The van der Waals surface area contributed by atoms with E-state index >= 15 is 0 Å². The summed E-state index contributed by atoms with van der Waals surface area (Å²) in [4.78, 5) is 23.2. The predicted octanol–water partition coefficient (Wildman–Crippen LogP) is 4.72. The maximum absolute atomic E-state index is 14.2. The summed E-state index contributed by atoms with van der Waals surface area (Å²) in [6.07, 6.45) is 0. The number of amides is 1. The van der Waals surface area contributed by atoms with Crippen molar-refractivity contribution in [1.29, 1.82) is 0 Å². The van der Waals surface area contributed by atoms with Crippen LogP contribution in [0.15, 0.2) is 60.7 Å². The largest absolute Gasteiger partial charge is 0.450 e. The number of halogens is 2. The van der Waals surface area contributed by atoms with Gasteiger partial charge in [-0.1, -0.05) is 11.6 Å². The van der Waals surface area contributed by atoms with Gasteiger partial charge in [0.15, 0.2) is 5.82 Å². The average molecular weight is 469 g/mol. The zero-order chi connectivity index (χ0) is 23.5. The number of anilines is 1. The van der Waals surface area contributed by atoms with E-state index in [1.165, 1.54) is 65.3 Å². The number of nitro benzene ring substituents is 1. The van der Waals surface area contributed by atoms with Gasteiger partial charge in [-0.15, -0.1) is 5.10 Å². The zero-order valence-corrected chi connectivity index (χ0v) is 17.7. The molecule has 0 saturated heterocycles. The van der Waals surface area contributed by atoms with Gasteiger partial charge in [0.2, 0.25) is 5.75 Å². The molecule has 0 spiro atoms. The number of carbonyl (C=O) groups excluding carboxylic acids is 1. The van der Waals surface area contributed by atoms with Crippen molar-refractivity contribution in [2.24, 2.45) is 0 Å². The number of ether oxygens (including phenoxy) is 1. The fourth-order valence-corrected chi connectivity index (χ4v) is 3.10. The highest BCUT2D eigenvalue weighted by molar-refractivity contribution is 6.30. The number of nitro groups is 1. The Hall–Kier alpha value is -4.38. The highest BCUT2D eigenvalue weighted by Crippen LogP contribution is 2.33. The number of hydrogen-bond acceptors (Lipinski definition) is 7. The quantitative estimate of drug-likeness (QED) is 0.320. The molecule has 33 heavy (non-hydrogen) atoms. The molecule has 0 aliphatic rings. The molecule has 1 amide bonds. The van der Waals surface area contributed by atoms with Crippen molar-refractivity contribution >= 4 is 28.9 Å². The maximum Gasteiger partial charge on any atom is 0.313 e. The van der Waals surface area contributed by atoms with Crippen LogP contribution < -0.4 is 10.1 Å². The minimum atomic E-state index is -0.600. The Balaban J connectivity index is 1.50. The number of rotatable bonds is 6. The van der Waals surface area contributed by atoms with Gasteiger partial charge in [-0.05, 0) is 71.9 Å². The molecule has 0 atom stereocenters. The van der Waals surface area contributed by atoms with E-state index in [1.54, 1.807) is 6.92 Å². The molecule has 12 heteroatoms. The van der Waals surface area contributed by atoms with Crippen molar-refractivity contribution in [1.82, 2.24) is 20.2 Å². The van der Waals surface area contributed by atoms with Gasteiger partial charge in [-0.25, -0.2) is 4.39 Å². The van der Waals surface area contributed by atoms with Gasteiger partial charge < -0.3 is 10.1 Å². The summed E-state index contributed by atoms with van der Waals surface area (Å²) in [5.74, 6) is -0.325. The number of aromatic nitrogens is 4. The number of nitrogens with one attached hydrogen (secondary N) is 1. The molecule has 0 bridgehead atoms. The molecule has 4 rings (SSSR count). The van der Waals surface area contributed by atoms with Gasteiger partial charge in [0.05, 0.1) is 4.92 Å². The van der Waals surface area contributed by atoms with E-state index in [1.807, 2.05) is 0 Å². The number of aryl methyl sites for hydroxylation is 1. The van der Waals surface area contributed by atoms with Crippen LogP contribution in [-0.4, -0.2) is 31.0 Å². The SMILES string of the molecule is Cc1nnnn1-c1cc(NC(=O)c2ccc(Oc3ccc(Cl)cc3[N+](=O)[O-])cc2)ccc1F. The number of benzene rings is 3. The van der Waals surface area contributed by atoms with Crippen LogP contribution in [0.3, 0.4) is 0 Å². The van der Waals surface area contributed by atoms with Crippen LogP contribution in [0.25, 0.3) is 5.69 Å². The molecule has 1 heterocycles. The monoisotopic (exact) mass is 468 g/mol. The first-order chi connectivity index (χ1) is 15.8. The van der Waals surface area contributed by atoms with E-state index in [0.29, 0.717) is 11.5 Å². The van der Waals surface area contributed by atoms with Gasteiger partial charge in [-0.3, -0.25) is 14.9 Å². The third-order valence-corrected chi connectivity index (χ3v) is 4.75. The summed E-state index contributed by atoms with van der Waals surface area (Å²) in [6.45, 7) is 1.62. The Bertz CT molecular complexity index is 1360. The van der Waals surface area contributed by atoms with E-state index in [2.05, 4.69) is 20.8 Å². The predicted molar refractivity (Wildman–Crippen MR) is 116 cm³/mol. The Labute approximate surface area is 190 Å². The second-order valence-electron chi connectivity index (χ2n) is 6.75. The Morgan fingerprint density at radius 2 is 1.91 bits per heavy atom. The maximum atomic E-state index is 14.2. The summed E-state index contributed by atoms with van der Waals surface area (Å²) in [5, 5.41) is 25.0. The standard InChI is InChI=1S/C21H14ClFN6O4/c1-12-25-26-27-28(12)18-11-15(5-8-17(18)23)24-21(30)13-2-6-16(7-3-13)33-20-9-4-14(22)10-19(20)29(31)32/h2-11H,1H3,(H,24,30). The molecule has 0 aliphatic heterocycles. The van der Waals surface area contributed by atoms with Gasteiger partial charge >= 0.3 is 5.69 Å². The molecule has 1 aromatic heterocycles. The van der Waals surface area contributed by atoms with Crippen LogP contribution in [0.2, 0.25) is 5.02 Å². The minimum Gasteiger partial charge on any atom is -0.450 e. The normalized spacial score (nSPS) is 10.6. The van der Waals surface area contributed by atoms with Crippen LogP contribution in [0.1, 0.15) is 16.2 Å². The fraction of sp³-hybridized carbons (Fsp3) is 0.0476. The van der Waals surface area contributed by atoms with Crippen LogP contribution in [-0.2, 0) is 0 Å². The van der Waals surface area contributed by atoms with E-state index in [4.69, 9.17) is 16.3 Å². The van der Waals surface area contributed by atoms with Crippen molar-refractivity contribution in [3.05, 3.63) is 93.0 Å². The molecule has 0 radical (unpaired) electrons. The molecule has 1 N–H and O–H groups in total. The highest BCUT2D eigenvalue weighted by atomic mass is 35.5. The van der Waals surface area contributed by atoms with Crippen molar-refractivity contribution in [3.63, 3.8) is 0 Å². The lowest BCUT2D eigenvalue weighted by Gasteiger charge is -2.10. The van der Waals surface area contributed by atoms with Crippen molar-refractivity contribution in [3.8, 4) is 17.2 Å². The topological polar surface area (TPSA) is 125 Å². The Kier molecular flexibility index (Phi) is 5.96. The first-order valence-corrected chi connectivity index (χ1v) is 9.78. The summed E-state index contributed by atoms with van der Waals surface area (Å²) in [6, 6.07) is 14.0. The summed E-state index contributed by atoms with van der Waals surface area (Å²) in [7, 11) is 0. The molecule has 3 aromatic carbocycles. The van der Waals surface area contributed by atoms with E-state index in [0.717, 1.165) is 0 Å². The Morgan fingerprint density at radius 1 is 1.15 bits per heavy atom. The van der Waals surface area contributed by atoms with Crippen LogP contribution in [0.4, 0.5) is 15.8 Å². The fourth-order valence-electron chi connectivity index (χ4n) is 2.93. The zero-order valence-electron chi connectivity index (χ0n) is 16.9. The van der Waals surface area contributed by atoms with Crippen LogP contribution in [0, 0.1) is 22.9 Å². The third kappa shape index (κ3) is 4.77. The lowest BCUT2D eigenvalue weighted by Crippen LogP contribution is -2.12. The molecule has 10 nitrogen and oxygen atoms in total. The van der Waals surface area contributed by atoms with Gasteiger partial charge in [0.1, 0.15) is 17.3 Å². The first-order valence-electron chi connectivity index (χ1n) is 9.40. The average Bonchev–Trinajstić information content (AvgIpc) is 3.22. The van der Waals surface area contributed by atoms with Crippen LogP contribution >= 0.6 is 11.6 Å². The van der Waals surface area contributed by atoms with E-state index in [-0.39, 0.29) is 33.5 Å². The number of hydrogen-bond donors (Lipinski definition) is 1. The van der Waals surface area contributed by atoms with Crippen molar-refractivity contribution in [2.45, 2.75) is 6.92 Å². The minimum absolute atomic E-state index is 0.0123. The molecule has 166 valence electrons. The number of carbonyl (C=O) groups is 1. The molecule has 0 fully saturated rings. The van der Waals surface area contributed by atoms with Crippen molar-refractivity contribution in [2.75, 3.05) is 5.32 Å². The highest BCUT2D eigenvalue weighted by Gasteiger charge is 2.17. The summed E-state index contributed by atoms with van der Waals surface area (Å²) >= 11 is 5.80. The second-order valence-corrected chi connectivity index (χ2v) is 7.19.